The van der Waals surface area contributed by atoms with Crippen LogP contribution in [0.5, 0.6) is 11.5 Å². The van der Waals surface area contributed by atoms with Crippen molar-refractivity contribution in [3.8, 4) is 11.5 Å². The number of ether oxygens (including phenoxy) is 2. The highest BCUT2D eigenvalue weighted by Crippen LogP contribution is 2.09. The average Bonchev–Trinajstić information content (AvgIpc) is 2.86. The molecule has 0 saturated heterocycles. The zero-order valence-electron chi connectivity index (χ0n) is 22.5. The Balaban J connectivity index is -0.000000410. The summed E-state index contributed by atoms with van der Waals surface area (Å²) in [5.41, 5.74) is 3.68. The van der Waals surface area contributed by atoms with Crippen LogP contribution in [-0.2, 0) is 16.4 Å². The largest absolute Gasteiger partial charge is 0.497 e. The molecule has 0 unspecified atom stereocenters. The van der Waals surface area contributed by atoms with Crippen molar-refractivity contribution in [1.82, 2.24) is 9.29 Å². The van der Waals surface area contributed by atoms with Crippen LogP contribution in [-0.4, -0.2) is 51.8 Å². The molecular weight excluding hydrogens is 484 g/mol. The van der Waals surface area contributed by atoms with Gasteiger partial charge in [-0.1, -0.05) is 76.7 Å². The number of pyridine rings is 1. The molecule has 0 aliphatic heterocycles. The molecule has 0 spiro atoms. The number of rotatable bonds is 6. The van der Waals surface area contributed by atoms with Crippen LogP contribution in [0.4, 0.5) is 0 Å². The quantitative estimate of drug-likeness (QED) is 0.334. The fourth-order valence-electron chi connectivity index (χ4n) is 2.44. The molecule has 0 N–H and O–H groups in total. The van der Waals surface area contributed by atoms with E-state index in [0.717, 1.165) is 30.0 Å². The van der Waals surface area contributed by atoms with Crippen LogP contribution < -0.4 is 9.47 Å². The summed E-state index contributed by atoms with van der Waals surface area (Å²) in [6, 6.07) is 22.2. The topological polar surface area (TPSA) is 68.7 Å². The van der Waals surface area contributed by atoms with Crippen LogP contribution >= 0.6 is 0 Å². The monoisotopic (exact) mass is 534 g/mol. The van der Waals surface area contributed by atoms with E-state index < -0.39 is 10.0 Å². The van der Waals surface area contributed by atoms with Crippen molar-refractivity contribution in [3.63, 3.8) is 0 Å². The Hall–Kier alpha value is -2.90. The summed E-state index contributed by atoms with van der Waals surface area (Å²) < 4.78 is 32.5. The Kier molecular flexibility index (Phi) is 23.3. The van der Waals surface area contributed by atoms with Gasteiger partial charge in [0, 0.05) is 19.3 Å². The predicted molar refractivity (Wildman–Crippen MR) is 160 cm³/mol. The number of nitrogens with zero attached hydrogens (tertiary/aromatic N) is 2. The van der Waals surface area contributed by atoms with Crippen molar-refractivity contribution >= 4 is 10.0 Å². The summed E-state index contributed by atoms with van der Waals surface area (Å²) in [5, 5.41) is 0. The molecule has 1 aromatic heterocycles. The van der Waals surface area contributed by atoms with Crippen LogP contribution in [0, 0.1) is 13.8 Å². The first-order valence-corrected chi connectivity index (χ1v) is 13.4. The van der Waals surface area contributed by atoms with Crippen molar-refractivity contribution in [1.29, 1.82) is 0 Å². The second-order valence-electron chi connectivity index (χ2n) is 7.78. The Morgan fingerprint density at radius 3 is 1.65 bits per heavy atom. The summed E-state index contributed by atoms with van der Waals surface area (Å²) >= 11 is 0. The van der Waals surface area contributed by atoms with E-state index in [0.29, 0.717) is 6.54 Å². The number of hydrogen-bond donors (Lipinski definition) is 0. The van der Waals surface area contributed by atoms with Gasteiger partial charge in [0.25, 0.3) is 0 Å². The van der Waals surface area contributed by atoms with E-state index in [1.54, 1.807) is 27.5 Å². The summed E-state index contributed by atoms with van der Waals surface area (Å²) in [7, 11) is 1.95. The van der Waals surface area contributed by atoms with Crippen LogP contribution in [0.1, 0.15) is 51.9 Å². The maximum absolute atomic E-state index is 10.6. The van der Waals surface area contributed by atoms with Gasteiger partial charge < -0.3 is 9.47 Å². The SMILES string of the molecule is C.C.CCCN(C)S(C)(=O)=O.CCc1ccccc1.COc1ccc(C)cc1.COc1ccc(C)nc1. The van der Waals surface area contributed by atoms with Gasteiger partial charge in [-0.2, -0.15) is 0 Å². The molecule has 0 bridgehead atoms. The molecule has 6 nitrogen and oxygen atoms in total. The smallest absolute Gasteiger partial charge is 0.210 e. The molecule has 3 rings (SSSR count). The molecule has 37 heavy (non-hydrogen) atoms. The molecule has 0 atom stereocenters. The molecule has 1 heterocycles. The van der Waals surface area contributed by atoms with Gasteiger partial charge in [0.1, 0.15) is 11.5 Å². The number of aromatic nitrogens is 1. The van der Waals surface area contributed by atoms with Gasteiger partial charge in [-0.3, -0.25) is 4.98 Å². The predicted octanol–water partition coefficient (Wildman–Crippen LogP) is 7.21. The lowest BCUT2D eigenvalue weighted by Crippen LogP contribution is -2.25. The van der Waals surface area contributed by atoms with E-state index in [4.69, 9.17) is 9.47 Å². The zero-order chi connectivity index (χ0) is 26.7. The third kappa shape index (κ3) is 19.9. The van der Waals surface area contributed by atoms with Gasteiger partial charge in [-0.15, -0.1) is 0 Å². The third-order valence-electron chi connectivity index (χ3n) is 4.73. The highest BCUT2D eigenvalue weighted by Gasteiger charge is 2.07. The lowest BCUT2D eigenvalue weighted by atomic mass is 10.2. The van der Waals surface area contributed by atoms with Crippen molar-refractivity contribution in [2.75, 3.05) is 34.1 Å². The van der Waals surface area contributed by atoms with Gasteiger partial charge >= 0.3 is 0 Å². The van der Waals surface area contributed by atoms with Crippen LogP contribution in [0.3, 0.4) is 0 Å². The van der Waals surface area contributed by atoms with Gasteiger partial charge in [0.2, 0.25) is 10.0 Å². The Labute approximate surface area is 227 Å². The molecule has 0 saturated carbocycles. The normalized spacial score (nSPS) is 9.43. The maximum atomic E-state index is 10.6. The van der Waals surface area contributed by atoms with Crippen molar-refractivity contribution in [3.05, 3.63) is 89.7 Å². The van der Waals surface area contributed by atoms with Gasteiger partial charge in [0.15, 0.2) is 0 Å². The minimum Gasteiger partial charge on any atom is -0.497 e. The lowest BCUT2D eigenvalue weighted by molar-refractivity contribution is 0.412. The number of hydrogen-bond acceptors (Lipinski definition) is 5. The third-order valence-corrected chi connectivity index (χ3v) is 6.05. The highest BCUT2D eigenvalue weighted by molar-refractivity contribution is 7.88. The lowest BCUT2D eigenvalue weighted by Gasteiger charge is -2.11. The molecule has 0 aliphatic rings. The first-order chi connectivity index (χ1) is 16.6. The van der Waals surface area contributed by atoms with Crippen LogP contribution in [0.25, 0.3) is 0 Å². The highest BCUT2D eigenvalue weighted by atomic mass is 32.2. The molecule has 0 fully saturated rings. The average molecular weight is 535 g/mol. The molecule has 0 amide bonds. The molecular formula is C30H50N2O4S. The van der Waals surface area contributed by atoms with Crippen molar-refractivity contribution in [2.45, 2.75) is 55.4 Å². The van der Waals surface area contributed by atoms with Crippen LogP contribution in [0.2, 0.25) is 0 Å². The molecule has 0 aliphatic carbocycles. The maximum Gasteiger partial charge on any atom is 0.210 e. The van der Waals surface area contributed by atoms with Crippen molar-refractivity contribution < 1.29 is 17.9 Å². The van der Waals surface area contributed by atoms with Gasteiger partial charge in [0.05, 0.1) is 26.7 Å². The first kappa shape index (κ1) is 38.6. The zero-order valence-corrected chi connectivity index (χ0v) is 23.3. The first-order valence-electron chi connectivity index (χ1n) is 11.6. The summed E-state index contributed by atoms with van der Waals surface area (Å²) in [5.74, 6) is 1.72. The second kappa shape index (κ2) is 22.3. The summed E-state index contributed by atoms with van der Waals surface area (Å²) in [6.07, 6.45) is 4.92. The number of methoxy groups -OCH3 is 2. The van der Waals surface area contributed by atoms with E-state index in [9.17, 15) is 8.42 Å². The number of benzene rings is 2. The van der Waals surface area contributed by atoms with Crippen molar-refractivity contribution in [2.24, 2.45) is 0 Å². The van der Waals surface area contributed by atoms with Gasteiger partial charge in [-0.05, 0) is 56.5 Å². The minimum atomic E-state index is -2.93. The van der Waals surface area contributed by atoms with E-state index in [-0.39, 0.29) is 14.9 Å². The van der Waals surface area contributed by atoms with E-state index >= 15 is 0 Å². The Morgan fingerprint density at radius 1 is 0.811 bits per heavy atom. The Morgan fingerprint density at radius 2 is 1.32 bits per heavy atom. The van der Waals surface area contributed by atoms with E-state index in [2.05, 4.69) is 43.1 Å². The molecule has 2 aromatic carbocycles. The minimum absolute atomic E-state index is 0. The van der Waals surface area contributed by atoms with E-state index in [1.807, 2.05) is 56.3 Å². The van der Waals surface area contributed by atoms with E-state index in [1.165, 1.54) is 21.7 Å². The fourth-order valence-corrected chi connectivity index (χ4v) is 2.96. The molecule has 7 heteroatoms. The van der Waals surface area contributed by atoms with Gasteiger partial charge in [-0.25, -0.2) is 12.7 Å². The molecule has 3 aromatic rings. The summed E-state index contributed by atoms with van der Waals surface area (Å²) in [4.78, 5) is 4.02. The molecule has 210 valence electrons. The summed E-state index contributed by atoms with van der Waals surface area (Å²) in [6.45, 7) is 8.72. The standard InChI is InChI=1S/C8H10O.C8H10.C7H9NO.C5H13NO2S.2CH4/c1-7-3-5-8(9-2)6-4-7;1-2-8-6-4-3-5-7-8;1-6-3-4-7(9-2)5-8-6;1-4-5-6(2)9(3,7)8;;/h3-6H,1-2H3;3-7H,2H2,1H3;3-5H,1-2H3;4-5H2,1-3H3;2*1H4. The second-order valence-corrected chi connectivity index (χ2v) is 9.87. The number of aryl methyl sites for hydroxylation is 3. The fraction of sp³-hybridized carbons (Fsp3) is 0.433. The van der Waals surface area contributed by atoms with Crippen LogP contribution in [0.15, 0.2) is 72.9 Å². The Bertz CT molecular complexity index is 962. The number of sulfonamides is 1. The molecule has 0 radical (unpaired) electrons.